The Labute approximate surface area is 120 Å². The van der Waals surface area contributed by atoms with Gasteiger partial charge in [0.05, 0.1) is 11.5 Å². The summed E-state index contributed by atoms with van der Waals surface area (Å²) in [6, 6.07) is 0. The van der Waals surface area contributed by atoms with E-state index >= 15 is 0 Å². The molecule has 0 aromatic carbocycles. The second kappa shape index (κ2) is 8.82. The third kappa shape index (κ3) is 8.50. The van der Waals surface area contributed by atoms with Crippen molar-refractivity contribution in [3.8, 4) is 0 Å². The fraction of sp³-hybridized carbons (Fsp3) is 0.750. The van der Waals surface area contributed by atoms with Crippen LogP contribution in [0.5, 0.6) is 0 Å². The Kier molecular flexibility index (Phi) is 8.26. The minimum atomic E-state index is -0.660. The number of amides is 2. The minimum absolute atomic E-state index is 0.0447. The van der Waals surface area contributed by atoms with Crippen LogP contribution in [0.25, 0.3) is 0 Å². The predicted molar refractivity (Wildman–Crippen MR) is 79.8 cm³/mol. The van der Waals surface area contributed by atoms with Crippen LogP contribution in [0, 0.1) is 5.92 Å². The molecule has 0 atom stereocenters. The first-order valence-electron chi connectivity index (χ1n) is 6.24. The summed E-state index contributed by atoms with van der Waals surface area (Å²) < 4.78 is 0. The molecule has 0 radical (unpaired) electrons. The number of nitrogens with two attached hydrogens (primary N) is 1. The molecule has 0 heterocycles. The number of nitrogens with one attached hydrogen (secondary N) is 1. The fourth-order valence-corrected chi connectivity index (χ4v) is 1.50. The molecule has 0 aromatic rings. The largest absolute Gasteiger partial charge is 0.392 e. The van der Waals surface area contributed by atoms with Crippen LogP contribution in [0.3, 0.4) is 0 Å². The van der Waals surface area contributed by atoms with Gasteiger partial charge in [-0.3, -0.25) is 9.59 Å². The van der Waals surface area contributed by atoms with Gasteiger partial charge in [-0.25, -0.2) is 0 Å². The Morgan fingerprint density at radius 1 is 1.26 bits per heavy atom. The van der Waals surface area contributed by atoms with Crippen molar-refractivity contribution in [3.05, 3.63) is 0 Å². The second-order valence-electron chi connectivity index (χ2n) is 5.10. The predicted octanol–water partition coefficient (Wildman–Crippen LogP) is -0.565. The molecule has 0 saturated carbocycles. The molecule has 110 valence electrons. The summed E-state index contributed by atoms with van der Waals surface area (Å²) >= 11 is 4.65. The van der Waals surface area contributed by atoms with E-state index in [-0.39, 0.29) is 11.5 Å². The Hall–Kier alpha value is -1.21. The third-order valence-corrected chi connectivity index (χ3v) is 2.45. The Balaban J connectivity index is 4.51. The van der Waals surface area contributed by atoms with E-state index in [0.29, 0.717) is 25.6 Å². The molecule has 7 heteroatoms. The number of carbonyl (C=O) groups excluding carboxylic acids is 2. The number of hydrogen-bond acceptors (Lipinski definition) is 4. The van der Waals surface area contributed by atoms with Crippen LogP contribution in [0.2, 0.25) is 0 Å². The number of likely N-dealkylation sites (N-methyl/N-ethyl adjacent to an activating group) is 1. The van der Waals surface area contributed by atoms with Crippen LogP contribution in [0.15, 0.2) is 0 Å². The lowest BCUT2D eigenvalue weighted by atomic mass is 10.2. The van der Waals surface area contributed by atoms with Gasteiger partial charge < -0.3 is 20.9 Å². The SMILES string of the molecule is CC(C)CN(CCN(C)C)C(=O)C(=O)NCC(N)=S. The molecular weight excluding hydrogens is 264 g/mol. The topological polar surface area (TPSA) is 78.7 Å². The average molecular weight is 288 g/mol. The highest BCUT2D eigenvalue weighted by molar-refractivity contribution is 7.80. The zero-order valence-corrected chi connectivity index (χ0v) is 12.9. The van der Waals surface area contributed by atoms with Gasteiger partial charge in [0.1, 0.15) is 0 Å². The summed E-state index contributed by atoms with van der Waals surface area (Å²) in [5.74, 6) is -0.895. The Morgan fingerprint density at radius 3 is 2.26 bits per heavy atom. The first-order valence-corrected chi connectivity index (χ1v) is 6.65. The smallest absolute Gasteiger partial charge is 0.311 e. The molecule has 0 aliphatic carbocycles. The van der Waals surface area contributed by atoms with Crippen molar-refractivity contribution < 1.29 is 9.59 Å². The molecule has 0 bridgehead atoms. The molecule has 6 nitrogen and oxygen atoms in total. The van der Waals surface area contributed by atoms with E-state index < -0.39 is 11.8 Å². The Morgan fingerprint density at radius 2 is 1.84 bits per heavy atom. The number of rotatable bonds is 7. The third-order valence-electron chi connectivity index (χ3n) is 2.31. The lowest BCUT2D eigenvalue weighted by molar-refractivity contribution is -0.146. The molecule has 3 N–H and O–H groups in total. The molecule has 2 amide bonds. The minimum Gasteiger partial charge on any atom is -0.392 e. The summed E-state index contributed by atoms with van der Waals surface area (Å²) in [4.78, 5) is 27.4. The van der Waals surface area contributed by atoms with E-state index in [1.807, 2.05) is 32.8 Å². The van der Waals surface area contributed by atoms with Crippen LogP contribution in [0.4, 0.5) is 0 Å². The highest BCUT2D eigenvalue weighted by atomic mass is 32.1. The van der Waals surface area contributed by atoms with Gasteiger partial charge in [-0.1, -0.05) is 26.1 Å². The number of thiocarbonyl (C=S) groups is 1. The van der Waals surface area contributed by atoms with Crippen molar-refractivity contribution in [3.63, 3.8) is 0 Å². The van der Waals surface area contributed by atoms with E-state index in [1.54, 1.807) is 4.90 Å². The van der Waals surface area contributed by atoms with E-state index in [2.05, 4.69) is 17.5 Å². The van der Waals surface area contributed by atoms with Gasteiger partial charge >= 0.3 is 11.8 Å². The van der Waals surface area contributed by atoms with E-state index in [4.69, 9.17) is 5.73 Å². The van der Waals surface area contributed by atoms with Crippen molar-refractivity contribution in [1.82, 2.24) is 15.1 Å². The summed E-state index contributed by atoms with van der Waals surface area (Å²) in [5.41, 5.74) is 5.28. The first kappa shape index (κ1) is 17.8. The standard InChI is InChI=1S/C12H24N4O2S/c1-9(2)8-16(6-5-15(3)4)12(18)11(17)14-7-10(13)19/h9H,5-8H2,1-4H3,(H2,13,19)(H,14,17). The lowest BCUT2D eigenvalue weighted by Gasteiger charge is -2.25. The number of carbonyl (C=O) groups is 2. The van der Waals surface area contributed by atoms with Gasteiger partial charge in [0.2, 0.25) is 0 Å². The molecule has 0 aliphatic rings. The molecule has 0 aromatic heterocycles. The lowest BCUT2D eigenvalue weighted by Crippen LogP contribution is -2.48. The molecule has 0 rings (SSSR count). The van der Waals surface area contributed by atoms with Gasteiger partial charge in [-0.05, 0) is 20.0 Å². The first-order chi connectivity index (χ1) is 8.73. The van der Waals surface area contributed by atoms with Crippen molar-refractivity contribution in [2.24, 2.45) is 11.7 Å². The van der Waals surface area contributed by atoms with Crippen LogP contribution in [-0.2, 0) is 9.59 Å². The van der Waals surface area contributed by atoms with Crippen LogP contribution < -0.4 is 11.1 Å². The molecule has 0 unspecified atom stereocenters. The summed E-state index contributed by atoms with van der Waals surface area (Å²) in [6.45, 7) is 5.83. The summed E-state index contributed by atoms with van der Waals surface area (Å²) in [5, 5.41) is 2.41. The maximum atomic E-state index is 12.0. The monoisotopic (exact) mass is 288 g/mol. The molecule has 0 aliphatic heterocycles. The second-order valence-corrected chi connectivity index (χ2v) is 5.62. The highest BCUT2D eigenvalue weighted by Crippen LogP contribution is 2.00. The molecular formula is C12H24N4O2S. The Bertz CT molecular complexity index is 332. The quantitative estimate of drug-likeness (QED) is 0.485. The molecule has 0 saturated heterocycles. The highest BCUT2D eigenvalue weighted by Gasteiger charge is 2.22. The van der Waals surface area contributed by atoms with Crippen LogP contribution in [-0.4, -0.2) is 66.9 Å². The van der Waals surface area contributed by atoms with Crippen molar-refractivity contribution in [1.29, 1.82) is 0 Å². The molecule has 0 fully saturated rings. The van der Waals surface area contributed by atoms with E-state index in [9.17, 15) is 9.59 Å². The van der Waals surface area contributed by atoms with Gasteiger partial charge in [0.15, 0.2) is 0 Å². The fourth-order valence-electron chi connectivity index (χ4n) is 1.42. The maximum absolute atomic E-state index is 12.0. The van der Waals surface area contributed by atoms with Crippen LogP contribution >= 0.6 is 12.2 Å². The van der Waals surface area contributed by atoms with E-state index in [0.717, 1.165) is 0 Å². The van der Waals surface area contributed by atoms with E-state index in [1.165, 1.54) is 0 Å². The van der Waals surface area contributed by atoms with Gasteiger partial charge in [-0.15, -0.1) is 0 Å². The molecule has 19 heavy (non-hydrogen) atoms. The maximum Gasteiger partial charge on any atom is 0.311 e. The van der Waals surface area contributed by atoms with Crippen molar-refractivity contribution in [2.45, 2.75) is 13.8 Å². The van der Waals surface area contributed by atoms with Gasteiger partial charge in [0, 0.05) is 19.6 Å². The van der Waals surface area contributed by atoms with Crippen LogP contribution in [0.1, 0.15) is 13.8 Å². The average Bonchev–Trinajstić information content (AvgIpc) is 2.29. The summed E-state index contributed by atoms with van der Waals surface area (Å²) in [7, 11) is 3.84. The van der Waals surface area contributed by atoms with Gasteiger partial charge in [0.25, 0.3) is 0 Å². The summed E-state index contributed by atoms with van der Waals surface area (Å²) in [6.07, 6.45) is 0. The van der Waals surface area contributed by atoms with Gasteiger partial charge in [-0.2, -0.15) is 0 Å². The zero-order valence-electron chi connectivity index (χ0n) is 12.1. The van der Waals surface area contributed by atoms with Crippen molar-refractivity contribution >= 4 is 29.0 Å². The van der Waals surface area contributed by atoms with Crippen molar-refractivity contribution in [2.75, 3.05) is 40.3 Å². The molecule has 0 spiro atoms. The number of nitrogens with zero attached hydrogens (tertiary/aromatic N) is 2. The number of hydrogen-bond donors (Lipinski definition) is 2. The zero-order chi connectivity index (χ0) is 15.0. The normalized spacial score (nSPS) is 10.6.